The molecule has 5 heteroatoms. The number of fused-ring (bicyclic) bond motifs is 1. The zero-order valence-electron chi connectivity index (χ0n) is 19.4. The SMILES string of the molecule is CCCCOCCOc1ccc(-c2ccc3c(c2)C=C(C(=O)Cl)CCN3CC(C)C)cc1. The van der Waals surface area contributed by atoms with E-state index in [1.165, 1.54) is 0 Å². The number of benzene rings is 2. The van der Waals surface area contributed by atoms with E-state index >= 15 is 0 Å². The first-order chi connectivity index (χ1) is 15.5. The largest absolute Gasteiger partial charge is 0.491 e. The Kier molecular flexibility index (Phi) is 9.19. The predicted molar refractivity (Wildman–Crippen MR) is 134 cm³/mol. The number of rotatable bonds is 11. The van der Waals surface area contributed by atoms with Crippen molar-refractivity contribution in [1.29, 1.82) is 0 Å². The maximum absolute atomic E-state index is 11.9. The maximum atomic E-state index is 11.9. The average molecular weight is 456 g/mol. The second kappa shape index (κ2) is 12.1. The van der Waals surface area contributed by atoms with E-state index in [9.17, 15) is 4.79 Å². The third-order valence-corrected chi connectivity index (χ3v) is 5.76. The van der Waals surface area contributed by atoms with Crippen molar-refractivity contribution in [2.45, 2.75) is 40.0 Å². The van der Waals surface area contributed by atoms with Gasteiger partial charge in [0, 0.05) is 31.0 Å². The highest BCUT2D eigenvalue weighted by Crippen LogP contribution is 2.33. The van der Waals surface area contributed by atoms with E-state index in [0.29, 0.717) is 31.1 Å². The minimum absolute atomic E-state index is 0.368. The van der Waals surface area contributed by atoms with Crippen LogP contribution in [0, 0.1) is 5.92 Å². The van der Waals surface area contributed by atoms with Crippen LogP contribution in [-0.4, -0.2) is 38.2 Å². The molecule has 32 heavy (non-hydrogen) atoms. The van der Waals surface area contributed by atoms with Gasteiger partial charge in [0.1, 0.15) is 12.4 Å². The predicted octanol–water partition coefficient (Wildman–Crippen LogP) is 6.56. The van der Waals surface area contributed by atoms with Crippen molar-refractivity contribution < 1.29 is 14.3 Å². The highest BCUT2D eigenvalue weighted by molar-refractivity contribution is 6.68. The molecule has 1 aliphatic heterocycles. The van der Waals surface area contributed by atoms with Gasteiger partial charge in [0.2, 0.25) is 5.24 Å². The molecular formula is C27H34ClNO3. The number of unbranched alkanes of at least 4 members (excludes halogenated alkanes) is 1. The van der Waals surface area contributed by atoms with Crippen molar-refractivity contribution in [2.75, 3.05) is 37.8 Å². The minimum Gasteiger partial charge on any atom is -0.491 e. The number of ether oxygens (including phenoxy) is 2. The lowest BCUT2D eigenvalue weighted by atomic mass is 10.00. The second-order valence-corrected chi connectivity index (χ2v) is 8.99. The summed E-state index contributed by atoms with van der Waals surface area (Å²) in [4.78, 5) is 14.3. The molecule has 0 bridgehead atoms. The Morgan fingerprint density at radius 2 is 1.81 bits per heavy atom. The lowest BCUT2D eigenvalue weighted by Gasteiger charge is -2.27. The molecule has 0 saturated carbocycles. The van der Waals surface area contributed by atoms with Crippen molar-refractivity contribution in [3.8, 4) is 16.9 Å². The summed E-state index contributed by atoms with van der Waals surface area (Å²) in [6.45, 7) is 10.3. The molecular weight excluding hydrogens is 422 g/mol. The first-order valence-corrected chi connectivity index (χ1v) is 12.0. The Labute approximate surface area is 197 Å². The molecule has 2 aromatic carbocycles. The molecule has 3 rings (SSSR count). The Hall–Kier alpha value is -2.30. The molecule has 1 heterocycles. The van der Waals surface area contributed by atoms with Crippen LogP contribution in [0.4, 0.5) is 5.69 Å². The van der Waals surface area contributed by atoms with Gasteiger partial charge in [-0.25, -0.2) is 0 Å². The summed E-state index contributed by atoms with van der Waals surface area (Å²) in [6.07, 6.45) is 4.83. The van der Waals surface area contributed by atoms with Crippen LogP contribution in [0.1, 0.15) is 45.6 Å². The smallest absolute Gasteiger partial charge is 0.248 e. The molecule has 0 unspecified atom stereocenters. The van der Waals surface area contributed by atoms with Crippen LogP contribution < -0.4 is 9.64 Å². The molecule has 0 atom stereocenters. The van der Waals surface area contributed by atoms with E-state index in [-0.39, 0.29) is 5.24 Å². The van der Waals surface area contributed by atoms with Crippen molar-refractivity contribution in [3.05, 3.63) is 53.6 Å². The van der Waals surface area contributed by atoms with Gasteiger partial charge in [0.05, 0.1) is 6.61 Å². The van der Waals surface area contributed by atoms with E-state index in [1.807, 2.05) is 18.2 Å². The van der Waals surface area contributed by atoms with E-state index in [1.54, 1.807) is 0 Å². The minimum atomic E-state index is -0.368. The highest BCUT2D eigenvalue weighted by Gasteiger charge is 2.19. The Morgan fingerprint density at radius 3 is 2.50 bits per heavy atom. The molecule has 4 nitrogen and oxygen atoms in total. The van der Waals surface area contributed by atoms with Crippen LogP contribution in [0.2, 0.25) is 0 Å². The molecule has 172 valence electrons. The lowest BCUT2D eigenvalue weighted by molar-refractivity contribution is -0.108. The van der Waals surface area contributed by atoms with Crippen LogP contribution in [0.5, 0.6) is 5.75 Å². The number of anilines is 1. The number of carbonyl (C=O) groups is 1. The van der Waals surface area contributed by atoms with Gasteiger partial charge in [0.15, 0.2) is 0 Å². The van der Waals surface area contributed by atoms with Gasteiger partial charge in [-0.05, 0) is 77.4 Å². The first kappa shape index (κ1) is 24.3. The number of carbonyl (C=O) groups excluding carboxylic acids is 1. The molecule has 0 spiro atoms. The lowest BCUT2D eigenvalue weighted by Crippen LogP contribution is -2.28. The fraction of sp³-hybridized carbons (Fsp3) is 0.444. The third-order valence-electron chi connectivity index (χ3n) is 5.51. The fourth-order valence-corrected chi connectivity index (χ4v) is 4.02. The van der Waals surface area contributed by atoms with Crippen LogP contribution in [0.15, 0.2) is 48.0 Å². The summed E-state index contributed by atoms with van der Waals surface area (Å²) in [6, 6.07) is 14.5. The van der Waals surface area contributed by atoms with Crippen LogP contribution in [-0.2, 0) is 9.53 Å². The van der Waals surface area contributed by atoms with Crippen molar-refractivity contribution in [3.63, 3.8) is 0 Å². The maximum Gasteiger partial charge on any atom is 0.248 e. The van der Waals surface area contributed by atoms with E-state index in [2.05, 4.69) is 56.0 Å². The van der Waals surface area contributed by atoms with Crippen LogP contribution >= 0.6 is 11.6 Å². The van der Waals surface area contributed by atoms with Crippen molar-refractivity contribution >= 4 is 28.6 Å². The van der Waals surface area contributed by atoms with Gasteiger partial charge in [-0.15, -0.1) is 0 Å². The molecule has 0 aliphatic carbocycles. The Balaban J connectivity index is 1.74. The second-order valence-electron chi connectivity index (χ2n) is 8.65. The number of hydrogen-bond acceptors (Lipinski definition) is 4. The number of halogens is 1. The zero-order chi connectivity index (χ0) is 22.9. The van der Waals surface area contributed by atoms with Gasteiger partial charge in [-0.3, -0.25) is 4.79 Å². The Bertz CT molecular complexity index is 921. The topological polar surface area (TPSA) is 38.8 Å². The standard InChI is InChI=1S/C27H34ClNO3/c1-4-5-14-31-15-16-32-25-9-6-21(7-10-25)22-8-11-26-24(17-22)18-23(27(28)30)12-13-29(26)19-20(2)3/h6-11,17-18,20H,4-5,12-16,19H2,1-3H3. The molecule has 2 aromatic rings. The van der Waals surface area contributed by atoms with Crippen molar-refractivity contribution in [1.82, 2.24) is 0 Å². The summed E-state index contributed by atoms with van der Waals surface area (Å²) in [7, 11) is 0. The number of hydrogen-bond donors (Lipinski definition) is 0. The van der Waals surface area contributed by atoms with Gasteiger partial charge >= 0.3 is 0 Å². The molecule has 0 fully saturated rings. The van der Waals surface area contributed by atoms with Crippen molar-refractivity contribution in [2.24, 2.45) is 5.92 Å². The van der Waals surface area contributed by atoms with E-state index in [0.717, 1.165) is 60.7 Å². The normalized spacial score (nSPS) is 13.5. The van der Waals surface area contributed by atoms with Crippen LogP contribution in [0.25, 0.3) is 17.2 Å². The fourth-order valence-electron chi connectivity index (χ4n) is 3.87. The summed E-state index contributed by atoms with van der Waals surface area (Å²) in [5.74, 6) is 1.36. The summed E-state index contributed by atoms with van der Waals surface area (Å²) < 4.78 is 11.3. The van der Waals surface area contributed by atoms with Gasteiger partial charge in [-0.1, -0.05) is 45.4 Å². The van der Waals surface area contributed by atoms with Gasteiger partial charge in [-0.2, -0.15) is 0 Å². The molecule has 0 radical (unpaired) electrons. The van der Waals surface area contributed by atoms with Crippen LogP contribution in [0.3, 0.4) is 0 Å². The third kappa shape index (κ3) is 6.85. The zero-order valence-corrected chi connectivity index (χ0v) is 20.2. The highest BCUT2D eigenvalue weighted by atomic mass is 35.5. The quantitative estimate of drug-likeness (QED) is 0.284. The Morgan fingerprint density at radius 1 is 1.06 bits per heavy atom. The van der Waals surface area contributed by atoms with Gasteiger partial charge < -0.3 is 14.4 Å². The monoisotopic (exact) mass is 455 g/mol. The number of nitrogens with zero attached hydrogens (tertiary/aromatic N) is 1. The molecule has 0 saturated heterocycles. The molecule has 1 aliphatic rings. The summed E-state index contributed by atoms with van der Waals surface area (Å²) >= 11 is 5.85. The van der Waals surface area contributed by atoms with Gasteiger partial charge in [0.25, 0.3) is 0 Å². The molecule has 0 N–H and O–H groups in total. The summed E-state index contributed by atoms with van der Waals surface area (Å²) in [5, 5.41) is -0.368. The summed E-state index contributed by atoms with van der Waals surface area (Å²) in [5.41, 5.74) is 5.06. The van der Waals surface area contributed by atoms with E-state index in [4.69, 9.17) is 21.1 Å². The first-order valence-electron chi connectivity index (χ1n) is 11.6. The average Bonchev–Trinajstić information content (AvgIpc) is 2.95. The molecule has 0 amide bonds. The molecule has 0 aromatic heterocycles. The van der Waals surface area contributed by atoms with E-state index < -0.39 is 0 Å².